The van der Waals surface area contributed by atoms with Gasteiger partial charge < -0.3 is 14.6 Å². The molecule has 1 atom stereocenters. The lowest BCUT2D eigenvalue weighted by Crippen LogP contribution is -2.21. The summed E-state index contributed by atoms with van der Waals surface area (Å²) in [5.41, 5.74) is 0. The Labute approximate surface area is 83.0 Å². The minimum atomic E-state index is -1.14. The minimum Gasteiger partial charge on any atom is -0.467 e. The van der Waals surface area contributed by atoms with E-state index >= 15 is 0 Å². The smallest absolute Gasteiger partial charge is 0.334 e. The molecule has 14 heavy (non-hydrogen) atoms. The molecule has 5 heteroatoms. The second-order valence-corrected chi connectivity index (χ2v) is 2.74. The van der Waals surface area contributed by atoms with Gasteiger partial charge in [-0.25, -0.2) is 4.79 Å². The van der Waals surface area contributed by atoms with Gasteiger partial charge in [-0.15, -0.1) is 0 Å². The van der Waals surface area contributed by atoms with E-state index in [1.165, 1.54) is 7.11 Å². The summed E-state index contributed by atoms with van der Waals surface area (Å²) >= 11 is 0. The van der Waals surface area contributed by atoms with Gasteiger partial charge in [-0.1, -0.05) is 0 Å². The highest BCUT2D eigenvalue weighted by Gasteiger charge is 2.15. The third-order valence-corrected chi connectivity index (χ3v) is 1.64. The number of ether oxygens (including phenoxy) is 2. The fraction of sp³-hybridized carbons (Fsp3) is 0.778. The number of methoxy groups -OCH3 is 1. The van der Waals surface area contributed by atoms with E-state index in [2.05, 4.69) is 9.47 Å². The van der Waals surface area contributed by atoms with E-state index in [0.29, 0.717) is 13.0 Å². The third kappa shape index (κ3) is 5.53. The molecule has 0 aromatic rings. The van der Waals surface area contributed by atoms with Crippen molar-refractivity contribution < 1.29 is 24.2 Å². The second kappa shape index (κ2) is 7.32. The summed E-state index contributed by atoms with van der Waals surface area (Å²) in [6.45, 7) is 2.07. The van der Waals surface area contributed by atoms with Gasteiger partial charge in [0.05, 0.1) is 13.7 Å². The van der Waals surface area contributed by atoms with Crippen molar-refractivity contribution in [3.05, 3.63) is 0 Å². The first-order valence-electron chi connectivity index (χ1n) is 4.53. The molecule has 0 aliphatic heterocycles. The topological polar surface area (TPSA) is 72.8 Å². The zero-order chi connectivity index (χ0) is 11.0. The van der Waals surface area contributed by atoms with E-state index in [0.717, 1.165) is 0 Å². The molecule has 1 unspecified atom stereocenters. The Morgan fingerprint density at radius 3 is 2.57 bits per heavy atom. The van der Waals surface area contributed by atoms with Crippen LogP contribution in [-0.4, -0.2) is 36.9 Å². The van der Waals surface area contributed by atoms with Gasteiger partial charge in [0.25, 0.3) is 0 Å². The molecule has 5 nitrogen and oxygen atoms in total. The van der Waals surface area contributed by atoms with Gasteiger partial charge in [0.15, 0.2) is 6.10 Å². The fourth-order valence-electron chi connectivity index (χ4n) is 0.927. The number of carbonyl (C=O) groups is 2. The fourth-order valence-corrected chi connectivity index (χ4v) is 0.927. The lowest BCUT2D eigenvalue weighted by atomic mass is 10.1. The molecule has 0 bridgehead atoms. The molecule has 0 aliphatic carbocycles. The highest BCUT2D eigenvalue weighted by atomic mass is 16.5. The Bertz CT molecular complexity index is 190. The predicted octanol–water partition coefficient (Wildman–Crippen LogP) is 0.254. The van der Waals surface area contributed by atoms with Crippen LogP contribution in [0.1, 0.15) is 26.2 Å². The maximum Gasteiger partial charge on any atom is 0.334 e. The van der Waals surface area contributed by atoms with E-state index in [1.807, 2.05) is 0 Å². The summed E-state index contributed by atoms with van der Waals surface area (Å²) in [4.78, 5) is 21.6. The van der Waals surface area contributed by atoms with Crippen molar-refractivity contribution in [1.82, 2.24) is 0 Å². The molecule has 0 heterocycles. The van der Waals surface area contributed by atoms with Crippen LogP contribution in [0.3, 0.4) is 0 Å². The molecule has 0 rings (SSSR count). The lowest BCUT2D eigenvalue weighted by Gasteiger charge is -2.07. The number of carbonyl (C=O) groups excluding carboxylic acids is 2. The van der Waals surface area contributed by atoms with E-state index in [-0.39, 0.29) is 18.8 Å². The first-order chi connectivity index (χ1) is 6.61. The monoisotopic (exact) mass is 204 g/mol. The van der Waals surface area contributed by atoms with Gasteiger partial charge in [0, 0.05) is 6.42 Å². The van der Waals surface area contributed by atoms with Gasteiger partial charge >= 0.3 is 11.9 Å². The van der Waals surface area contributed by atoms with E-state index in [1.54, 1.807) is 6.92 Å². The number of rotatable bonds is 6. The average molecular weight is 204 g/mol. The zero-order valence-corrected chi connectivity index (χ0v) is 8.49. The molecule has 0 saturated heterocycles. The summed E-state index contributed by atoms with van der Waals surface area (Å²) in [5.74, 6) is -0.988. The normalized spacial score (nSPS) is 11.9. The Hall–Kier alpha value is -1.10. The van der Waals surface area contributed by atoms with Gasteiger partial charge in [-0.05, 0) is 19.8 Å². The van der Waals surface area contributed by atoms with Crippen LogP contribution in [0, 0.1) is 0 Å². The van der Waals surface area contributed by atoms with Crippen LogP contribution in [0.4, 0.5) is 0 Å². The van der Waals surface area contributed by atoms with Crippen LogP contribution in [0.15, 0.2) is 0 Å². The number of aliphatic hydroxyl groups excluding tert-OH is 1. The lowest BCUT2D eigenvalue weighted by molar-refractivity contribution is -0.151. The minimum absolute atomic E-state index is 0.210. The summed E-state index contributed by atoms with van der Waals surface area (Å²) < 4.78 is 8.99. The van der Waals surface area contributed by atoms with Gasteiger partial charge in [-0.2, -0.15) is 0 Å². The highest BCUT2D eigenvalue weighted by Crippen LogP contribution is 2.03. The van der Waals surface area contributed by atoms with Crippen LogP contribution in [0.5, 0.6) is 0 Å². The molecule has 1 N–H and O–H groups in total. The Kier molecular flexibility index (Phi) is 6.74. The predicted molar refractivity (Wildman–Crippen MR) is 48.5 cm³/mol. The largest absolute Gasteiger partial charge is 0.467 e. The summed E-state index contributed by atoms with van der Waals surface area (Å²) in [6, 6.07) is 0. The Morgan fingerprint density at radius 1 is 1.43 bits per heavy atom. The first kappa shape index (κ1) is 12.9. The molecule has 0 saturated carbocycles. The van der Waals surface area contributed by atoms with Crippen molar-refractivity contribution in [2.45, 2.75) is 32.3 Å². The first-order valence-corrected chi connectivity index (χ1v) is 4.53. The maximum atomic E-state index is 10.8. The van der Waals surface area contributed by atoms with E-state index < -0.39 is 12.1 Å². The van der Waals surface area contributed by atoms with Crippen LogP contribution in [0.2, 0.25) is 0 Å². The third-order valence-electron chi connectivity index (χ3n) is 1.64. The number of esters is 2. The molecule has 0 fully saturated rings. The number of hydrogen-bond acceptors (Lipinski definition) is 5. The molecular weight excluding hydrogens is 188 g/mol. The second-order valence-electron chi connectivity index (χ2n) is 2.74. The Balaban J connectivity index is 3.53. The van der Waals surface area contributed by atoms with Gasteiger partial charge in [0.1, 0.15) is 0 Å². The van der Waals surface area contributed by atoms with E-state index in [4.69, 9.17) is 5.11 Å². The van der Waals surface area contributed by atoms with Crippen molar-refractivity contribution in [3.8, 4) is 0 Å². The molecular formula is C9H16O5. The number of hydrogen-bond donors (Lipinski definition) is 1. The van der Waals surface area contributed by atoms with Crippen molar-refractivity contribution in [2.24, 2.45) is 0 Å². The Morgan fingerprint density at radius 2 is 2.07 bits per heavy atom. The SMILES string of the molecule is CCOC(=O)CCCC(O)C(=O)OC. The van der Waals surface area contributed by atoms with Crippen LogP contribution >= 0.6 is 0 Å². The van der Waals surface area contributed by atoms with Crippen molar-refractivity contribution in [3.63, 3.8) is 0 Å². The zero-order valence-electron chi connectivity index (χ0n) is 8.49. The quantitative estimate of drug-likeness (QED) is 0.628. The van der Waals surface area contributed by atoms with Crippen molar-refractivity contribution in [2.75, 3.05) is 13.7 Å². The molecule has 0 amide bonds. The van der Waals surface area contributed by atoms with Crippen LogP contribution in [-0.2, 0) is 19.1 Å². The number of aliphatic hydroxyl groups is 1. The van der Waals surface area contributed by atoms with Crippen molar-refractivity contribution >= 4 is 11.9 Å². The van der Waals surface area contributed by atoms with Crippen LogP contribution in [0.25, 0.3) is 0 Å². The van der Waals surface area contributed by atoms with Gasteiger partial charge in [0.2, 0.25) is 0 Å². The maximum absolute atomic E-state index is 10.8. The molecule has 0 aromatic carbocycles. The molecule has 0 aromatic heterocycles. The summed E-state index contributed by atoms with van der Waals surface area (Å²) in [5, 5.41) is 9.13. The molecule has 0 aliphatic rings. The molecule has 0 spiro atoms. The molecule has 82 valence electrons. The average Bonchev–Trinajstić information content (AvgIpc) is 2.16. The molecule has 0 radical (unpaired) electrons. The summed E-state index contributed by atoms with van der Waals surface area (Å²) in [7, 11) is 1.21. The highest BCUT2D eigenvalue weighted by molar-refractivity contribution is 5.74. The van der Waals surface area contributed by atoms with Gasteiger partial charge in [-0.3, -0.25) is 4.79 Å². The standard InChI is InChI=1S/C9H16O5/c1-3-14-8(11)6-4-5-7(10)9(12)13-2/h7,10H,3-6H2,1-2H3. The van der Waals surface area contributed by atoms with Crippen LogP contribution < -0.4 is 0 Å². The van der Waals surface area contributed by atoms with Crippen molar-refractivity contribution in [1.29, 1.82) is 0 Å². The van der Waals surface area contributed by atoms with E-state index in [9.17, 15) is 9.59 Å². The summed E-state index contributed by atoms with van der Waals surface area (Å²) in [6.07, 6.45) is -0.308.